The SMILES string of the molecule is CC1C2CC(C1C)C(C)(C(=O)OCC(C)(C)C)C2. The van der Waals surface area contributed by atoms with Crippen LogP contribution in [0.25, 0.3) is 0 Å². The summed E-state index contributed by atoms with van der Waals surface area (Å²) in [5.41, 5.74) is -0.162. The third-order valence-corrected chi connectivity index (χ3v) is 5.37. The smallest absolute Gasteiger partial charge is 0.312 e. The fraction of sp³-hybridized carbons (Fsp3) is 0.938. The largest absolute Gasteiger partial charge is 0.465 e. The first-order chi connectivity index (χ1) is 8.15. The van der Waals surface area contributed by atoms with Gasteiger partial charge in [0.05, 0.1) is 12.0 Å². The van der Waals surface area contributed by atoms with Crippen molar-refractivity contribution in [2.45, 2.75) is 54.4 Å². The Labute approximate surface area is 111 Å². The number of carbonyl (C=O) groups excluding carboxylic acids is 1. The highest BCUT2D eigenvalue weighted by Gasteiger charge is 2.59. The topological polar surface area (TPSA) is 26.3 Å². The number of fused-ring (bicyclic) bond motifs is 2. The summed E-state index contributed by atoms with van der Waals surface area (Å²) >= 11 is 0. The lowest BCUT2D eigenvalue weighted by Gasteiger charge is -2.38. The van der Waals surface area contributed by atoms with E-state index >= 15 is 0 Å². The molecule has 2 saturated carbocycles. The van der Waals surface area contributed by atoms with Gasteiger partial charge in [0.15, 0.2) is 0 Å². The van der Waals surface area contributed by atoms with Crippen molar-refractivity contribution in [1.29, 1.82) is 0 Å². The summed E-state index contributed by atoms with van der Waals surface area (Å²) in [5.74, 6) is 2.75. The molecule has 0 aromatic carbocycles. The van der Waals surface area contributed by atoms with Crippen LogP contribution in [0.2, 0.25) is 0 Å². The van der Waals surface area contributed by atoms with E-state index in [1.165, 1.54) is 6.42 Å². The van der Waals surface area contributed by atoms with Crippen molar-refractivity contribution in [1.82, 2.24) is 0 Å². The van der Waals surface area contributed by atoms with Gasteiger partial charge in [-0.15, -0.1) is 0 Å². The lowest BCUT2D eigenvalue weighted by atomic mass is 9.67. The molecule has 0 N–H and O–H groups in total. The Bertz CT molecular complexity index is 339. The van der Waals surface area contributed by atoms with E-state index < -0.39 is 0 Å². The van der Waals surface area contributed by atoms with Crippen LogP contribution in [0.4, 0.5) is 0 Å². The average Bonchev–Trinajstić information content (AvgIpc) is 2.73. The van der Waals surface area contributed by atoms with Crippen LogP contribution < -0.4 is 0 Å². The highest BCUT2D eigenvalue weighted by Crippen LogP contribution is 2.61. The maximum Gasteiger partial charge on any atom is 0.312 e. The molecule has 0 aliphatic heterocycles. The van der Waals surface area contributed by atoms with Crippen molar-refractivity contribution in [2.24, 2.45) is 34.5 Å². The second kappa shape index (κ2) is 4.25. The molecule has 2 aliphatic carbocycles. The van der Waals surface area contributed by atoms with Gasteiger partial charge in [-0.2, -0.15) is 0 Å². The molecule has 2 bridgehead atoms. The molecule has 0 aromatic rings. The van der Waals surface area contributed by atoms with E-state index in [0.29, 0.717) is 18.4 Å². The lowest BCUT2D eigenvalue weighted by molar-refractivity contribution is -0.163. The van der Waals surface area contributed by atoms with E-state index in [0.717, 1.165) is 18.3 Å². The summed E-state index contributed by atoms with van der Waals surface area (Å²) < 4.78 is 5.59. The third-order valence-electron chi connectivity index (χ3n) is 5.37. The normalized spacial score (nSPS) is 43.2. The van der Waals surface area contributed by atoms with Gasteiger partial charge in [0.2, 0.25) is 0 Å². The fourth-order valence-corrected chi connectivity index (χ4v) is 4.04. The van der Waals surface area contributed by atoms with Gasteiger partial charge in [0.1, 0.15) is 0 Å². The fourth-order valence-electron chi connectivity index (χ4n) is 4.04. The zero-order valence-electron chi connectivity index (χ0n) is 12.7. The molecular formula is C16H28O2. The first kappa shape index (κ1) is 13.9. The molecule has 104 valence electrons. The lowest BCUT2D eigenvalue weighted by Crippen LogP contribution is -2.41. The van der Waals surface area contributed by atoms with Crippen molar-refractivity contribution in [3.63, 3.8) is 0 Å². The van der Waals surface area contributed by atoms with E-state index in [-0.39, 0.29) is 16.8 Å². The van der Waals surface area contributed by atoms with Crippen LogP contribution in [0, 0.1) is 34.5 Å². The quantitative estimate of drug-likeness (QED) is 0.697. The van der Waals surface area contributed by atoms with Crippen LogP contribution in [-0.2, 0) is 9.53 Å². The molecule has 5 atom stereocenters. The second-order valence-electron chi connectivity index (χ2n) is 8.08. The maximum absolute atomic E-state index is 12.4. The van der Waals surface area contributed by atoms with Crippen molar-refractivity contribution >= 4 is 5.97 Å². The van der Waals surface area contributed by atoms with Gasteiger partial charge in [0.25, 0.3) is 0 Å². The average molecular weight is 252 g/mol. The Morgan fingerprint density at radius 2 is 1.89 bits per heavy atom. The van der Waals surface area contributed by atoms with Gasteiger partial charge in [0, 0.05) is 0 Å². The molecule has 0 heterocycles. The molecule has 0 amide bonds. The van der Waals surface area contributed by atoms with E-state index in [9.17, 15) is 4.79 Å². The van der Waals surface area contributed by atoms with E-state index in [1.807, 2.05) is 0 Å². The monoisotopic (exact) mass is 252 g/mol. The molecule has 2 heteroatoms. The Morgan fingerprint density at radius 1 is 1.28 bits per heavy atom. The summed E-state index contributed by atoms with van der Waals surface area (Å²) in [6, 6.07) is 0. The van der Waals surface area contributed by atoms with Gasteiger partial charge < -0.3 is 4.74 Å². The molecule has 2 nitrogen and oxygen atoms in total. The number of hydrogen-bond acceptors (Lipinski definition) is 2. The molecule has 2 aliphatic rings. The predicted molar refractivity (Wildman–Crippen MR) is 73.1 cm³/mol. The molecule has 0 saturated heterocycles. The Kier molecular flexibility index (Phi) is 3.28. The first-order valence-corrected chi connectivity index (χ1v) is 7.32. The van der Waals surface area contributed by atoms with E-state index in [2.05, 4.69) is 41.5 Å². The highest BCUT2D eigenvalue weighted by atomic mass is 16.5. The Hall–Kier alpha value is -0.530. The van der Waals surface area contributed by atoms with Crippen molar-refractivity contribution in [2.75, 3.05) is 6.61 Å². The van der Waals surface area contributed by atoms with Crippen LogP contribution in [0.15, 0.2) is 0 Å². The van der Waals surface area contributed by atoms with Crippen molar-refractivity contribution < 1.29 is 9.53 Å². The molecular weight excluding hydrogens is 224 g/mol. The van der Waals surface area contributed by atoms with Gasteiger partial charge in [-0.05, 0) is 48.9 Å². The number of carbonyl (C=O) groups is 1. The van der Waals surface area contributed by atoms with Crippen LogP contribution in [0.3, 0.4) is 0 Å². The minimum Gasteiger partial charge on any atom is -0.465 e. The standard InChI is InChI=1S/C16H28O2/c1-10-11(2)13-7-12(10)8-16(13,6)14(17)18-9-15(3,4)5/h10-13H,7-9H2,1-6H3. The molecule has 5 unspecified atom stereocenters. The molecule has 0 spiro atoms. The number of ether oxygens (including phenoxy) is 1. The molecule has 18 heavy (non-hydrogen) atoms. The minimum atomic E-state index is -0.220. The number of esters is 1. The van der Waals surface area contributed by atoms with Crippen LogP contribution in [-0.4, -0.2) is 12.6 Å². The Morgan fingerprint density at radius 3 is 2.33 bits per heavy atom. The maximum atomic E-state index is 12.4. The van der Waals surface area contributed by atoms with E-state index in [1.54, 1.807) is 0 Å². The summed E-state index contributed by atoms with van der Waals surface area (Å²) in [6.45, 7) is 13.6. The molecule has 2 rings (SSSR count). The zero-order chi connectivity index (χ0) is 13.7. The van der Waals surface area contributed by atoms with Crippen LogP contribution in [0.1, 0.15) is 54.4 Å². The predicted octanol–water partition coefficient (Wildman–Crippen LogP) is 3.89. The zero-order valence-corrected chi connectivity index (χ0v) is 12.7. The summed E-state index contributed by atoms with van der Waals surface area (Å²) in [7, 11) is 0. The van der Waals surface area contributed by atoms with Gasteiger partial charge in [-0.1, -0.05) is 34.6 Å². The van der Waals surface area contributed by atoms with Crippen molar-refractivity contribution in [3.8, 4) is 0 Å². The third kappa shape index (κ3) is 2.19. The summed E-state index contributed by atoms with van der Waals surface area (Å²) in [6.07, 6.45) is 2.26. The van der Waals surface area contributed by atoms with Gasteiger partial charge >= 0.3 is 5.97 Å². The second-order valence-corrected chi connectivity index (χ2v) is 8.08. The molecule has 0 radical (unpaired) electrons. The minimum absolute atomic E-state index is 0.0451. The van der Waals surface area contributed by atoms with Gasteiger partial charge in [-0.25, -0.2) is 0 Å². The molecule has 2 fully saturated rings. The van der Waals surface area contributed by atoms with Crippen LogP contribution in [0.5, 0.6) is 0 Å². The summed E-state index contributed by atoms with van der Waals surface area (Å²) in [4.78, 5) is 12.4. The van der Waals surface area contributed by atoms with E-state index in [4.69, 9.17) is 4.74 Å². The van der Waals surface area contributed by atoms with Crippen LogP contribution >= 0.6 is 0 Å². The molecule has 0 aromatic heterocycles. The van der Waals surface area contributed by atoms with Gasteiger partial charge in [-0.3, -0.25) is 4.79 Å². The number of hydrogen-bond donors (Lipinski definition) is 0. The summed E-state index contributed by atoms with van der Waals surface area (Å²) in [5, 5.41) is 0. The highest BCUT2D eigenvalue weighted by molar-refractivity contribution is 5.77. The first-order valence-electron chi connectivity index (χ1n) is 7.32. The van der Waals surface area contributed by atoms with Crippen molar-refractivity contribution in [3.05, 3.63) is 0 Å². The Balaban J connectivity index is 2.03. The number of rotatable bonds is 2.